The highest BCUT2D eigenvalue weighted by molar-refractivity contribution is 6.42. The zero-order chi connectivity index (χ0) is 14.2. The minimum atomic E-state index is 0.531. The minimum absolute atomic E-state index is 0.531. The Balaban J connectivity index is 1.69. The number of piperidine rings is 1. The van der Waals surface area contributed by atoms with E-state index in [1.165, 1.54) is 12.8 Å². The molecule has 5 heteroatoms. The third kappa shape index (κ3) is 2.64. The predicted octanol–water partition coefficient (Wildman–Crippen LogP) is 3.19. The number of methoxy groups -OCH3 is 1. The van der Waals surface area contributed by atoms with Crippen LogP contribution in [0.2, 0.25) is 10.0 Å². The van der Waals surface area contributed by atoms with Crippen LogP contribution in [0.5, 0.6) is 5.75 Å². The molecule has 0 amide bonds. The summed E-state index contributed by atoms with van der Waals surface area (Å²) in [6.07, 6.45) is 2.56. The Kier molecular flexibility index (Phi) is 4.14. The molecule has 110 valence electrons. The molecule has 3 nitrogen and oxygen atoms in total. The number of nitrogens with one attached hydrogen (secondary N) is 1. The molecule has 1 aromatic rings. The summed E-state index contributed by atoms with van der Waals surface area (Å²) in [4.78, 5) is 2.44. The SMILES string of the molecule is COc1ccc(Cl)c(Cl)c1CN1CC2(CCNCC2)C1. The first-order chi connectivity index (χ1) is 9.63. The summed E-state index contributed by atoms with van der Waals surface area (Å²) in [7, 11) is 1.67. The second-order valence-corrected chi connectivity index (χ2v) is 6.72. The molecule has 0 saturated carbocycles. The molecule has 1 N–H and O–H groups in total. The van der Waals surface area contributed by atoms with Crippen LogP contribution in [0.4, 0.5) is 0 Å². The van der Waals surface area contributed by atoms with Crippen LogP contribution in [-0.2, 0) is 6.54 Å². The fourth-order valence-corrected chi connectivity index (χ4v) is 3.82. The molecule has 0 unspecified atom stereocenters. The van der Waals surface area contributed by atoms with Gasteiger partial charge in [0.2, 0.25) is 0 Å². The van der Waals surface area contributed by atoms with Crippen LogP contribution in [0.15, 0.2) is 12.1 Å². The highest BCUT2D eigenvalue weighted by Gasteiger charge is 2.43. The van der Waals surface area contributed by atoms with Crippen LogP contribution in [0.3, 0.4) is 0 Å². The van der Waals surface area contributed by atoms with E-state index in [2.05, 4.69) is 10.2 Å². The first-order valence-corrected chi connectivity index (χ1v) is 7.83. The molecule has 0 radical (unpaired) electrons. The van der Waals surface area contributed by atoms with Gasteiger partial charge in [0.1, 0.15) is 5.75 Å². The van der Waals surface area contributed by atoms with Crippen LogP contribution >= 0.6 is 23.2 Å². The van der Waals surface area contributed by atoms with Gasteiger partial charge in [-0.25, -0.2) is 0 Å². The molecule has 1 aromatic carbocycles. The van der Waals surface area contributed by atoms with Crippen LogP contribution in [-0.4, -0.2) is 38.2 Å². The number of ether oxygens (including phenoxy) is 1. The van der Waals surface area contributed by atoms with Crippen LogP contribution < -0.4 is 10.1 Å². The standard InChI is InChI=1S/C15H20Cl2N2O/c1-20-13-3-2-12(16)14(17)11(13)8-19-9-15(10-19)4-6-18-7-5-15/h2-3,18H,4-10H2,1H3. The van der Waals surface area contributed by atoms with E-state index >= 15 is 0 Å². The molecule has 2 saturated heterocycles. The largest absolute Gasteiger partial charge is 0.496 e. The van der Waals surface area contributed by atoms with Crippen LogP contribution in [0.1, 0.15) is 18.4 Å². The molecule has 1 spiro atoms. The number of rotatable bonds is 3. The Morgan fingerprint density at radius 2 is 1.95 bits per heavy atom. The molecule has 20 heavy (non-hydrogen) atoms. The van der Waals surface area contributed by atoms with Crippen molar-refractivity contribution in [3.63, 3.8) is 0 Å². The first kappa shape index (κ1) is 14.5. The van der Waals surface area contributed by atoms with Crippen molar-refractivity contribution in [3.05, 3.63) is 27.7 Å². The fraction of sp³-hybridized carbons (Fsp3) is 0.600. The van der Waals surface area contributed by atoms with Crippen molar-refractivity contribution in [1.82, 2.24) is 10.2 Å². The van der Waals surface area contributed by atoms with Gasteiger partial charge >= 0.3 is 0 Å². The summed E-state index contributed by atoms with van der Waals surface area (Å²) in [6.45, 7) is 5.42. The normalized spacial score (nSPS) is 21.8. The number of halogens is 2. The minimum Gasteiger partial charge on any atom is -0.496 e. The predicted molar refractivity (Wildman–Crippen MR) is 82.8 cm³/mol. The maximum absolute atomic E-state index is 6.33. The number of hydrogen-bond acceptors (Lipinski definition) is 3. The lowest BCUT2D eigenvalue weighted by Gasteiger charge is -2.52. The average molecular weight is 315 g/mol. The smallest absolute Gasteiger partial charge is 0.124 e. The second-order valence-electron chi connectivity index (χ2n) is 5.94. The summed E-state index contributed by atoms with van der Waals surface area (Å²) in [5, 5.41) is 4.65. The topological polar surface area (TPSA) is 24.5 Å². The third-order valence-corrected chi connectivity index (χ3v) is 5.38. The Morgan fingerprint density at radius 3 is 2.60 bits per heavy atom. The van der Waals surface area contributed by atoms with Gasteiger partial charge in [-0.15, -0.1) is 0 Å². The van der Waals surface area contributed by atoms with Crippen molar-refractivity contribution in [2.24, 2.45) is 5.41 Å². The monoisotopic (exact) mass is 314 g/mol. The Morgan fingerprint density at radius 1 is 1.25 bits per heavy atom. The van der Waals surface area contributed by atoms with Crippen molar-refractivity contribution >= 4 is 23.2 Å². The molecule has 2 aliphatic heterocycles. The second kappa shape index (κ2) is 5.72. The Hall–Kier alpha value is -0.480. The van der Waals surface area contributed by atoms with Crippen molar-refractivity contribution in [2.75, 3.05) is 33.3 Å². The van der Waals surface area contributed by atoms with E-state index < -0.39 is 0 Å². The highest BCUT2D eigenvalue weighted by Crippen LogP contribution is 2.41. The molecule has 2 heterocycles. The van der Waals surface area contributed by atoms with Gasteiger partial charge in [-0.2, -0.15) is 0 Å². The molecular formula is C15H20Cl2N2O. The van der Waals surface area contributed by atoms with Gasteiger partial charge in [-0.05, 0) is 43.5 Å². The molecule has 2 aliphatic rings. The number of nitrogens with zero attached hydrogens (tertiary/aromatic N) is 1. The molecule has 3 rings (SSSR count). The first-order valence-electron chi connectivity index (χ1n) is 7.07. The summed E-state index contributed by atoms with van der Waals surface area (Å²) in [5.41, 5.74) is 1.54. The zero-order valence-corrected chi connectivity index (χ0v) is 13.2. The lowest BCUT2D eigenvalue weighted by Crippen LogP contribution is -2.59. The lowest BCUT2D eigenvalue weighted by atomic mass is 9.72. The highest BCUT2D eigenvalue weighted by atomic mass is 35.5. The molecule has 0 aromatic heterocycles. The van der Waals surface area contributed by atoms with Gasteiger partial charge in [0, 0.05) is 25.2 Å². The van der Waals surface area contributed by atoms with Crippen molar-refractivity contribution in [1.29, 1.82) is 0 Å². The fourth-order valence-electron chi connectivity index (χ4n) is 3.42. The maximum Gasteiger partial charge on any atom is 0.124 e. The summed E-state index contributed by atoms with van der Waals surface area (Å²) in [5.74, 6) is 0.825. The van der Waals surface area contributed by atoms with Gasteiger partial charge in [-0.1, -0.05) is 23.2 Å². The Bertz CT molecular complexity index is 493. The molecule has 2 fully saturated rings. The van der Waals surface area contributed by atoms with Crippen molar-refractivity contribution in [3.8, 4) is 5.75 Å². The van der Waals surface area contributed by atoms with Crippen LogP contribution in [0.25, 0.3) is 0 Å². The zero-order valence-electron chi connectivity index (χ0n) is 11.7. The van der Waals surface area contributed by atoms with E-state index in [0.717, 1.165) is 44.0 Å². The molecule has 0 aliphatic carbocycles. The summed E-state index contributed by atoms with van der Waals surface area (Å²) < 4.78 is 5.41. The van der Waals surface area contributed by atoms with E-state index in [-0.39, 0.29) is 0 Å². The summed E-state index contributed by atoms with van der Waals surface area (Å²) in [6, 6.07) is 3.68. The van der Waals surface area contributed by atoms with Gasteiger partial charge in [0.25, 0.3) is 0 Å². The molecule has 0 bridgehead atoms. The molecular weight excluding hydrogens is 295 g/mol. The van der Waals surface area contributed by atoms with Gasteiger partial charge in [-0.3, -0.25) is 4.90 Å². The van der Waals surface area contributed by atoms with E-state index in [1.54, 1.807) is 13.2 Å². The number of hydrogen-bond donors (Lipinski definition) is 1. The van der Waals surface area contributed by atoms with Crippen molar-refractivity contribution < 1.29 is 4.74 Å². The van der Waals surface area contributed by atoms with Crippen LogP contribution in [0, 0.1) is 5.41 Å². The van der Waals surface area contributed by atoms with Gasteiger partial charge < -0.3 is 10.1 Å². The number of benzene rings is 1. The third-order valence-electron chi connectivity index (χ3n) is 4.54. The average Bonchev–Trinajstić information content (AvgIpc) is 2.43. The van der Waals surface area contributed by atoms with E-state index in [9.17, 15) is 0 Å². The quantitative estimate of drug-likeness (QED) is 0.927. The Labute approximate surface area is 130 Å². The van der Waals surface area contributed by atoms with E-state index in [4.69, 9.17) is 27.9 Å². The van der Waals surface area contributed by atoms with Gasteiger partial charge in [0.15, 0.2) is 0 Å². The molecule has 0 atom stereocenters. The lowest BCUT2D eigenvalue weighted by molar-refractivity contribution is -0.0285. The summed E-state index contributed by atoms with van der Waals surface area (Å²) >= 11 is 12.4. The maximum atomic E-state index is 6.33. The van der Waals surface area contributed by atoms with E-state index in [0.29, 0.717) is 15.5 Å². The van der Waals surface area contributed by atoms with E-state index in [1.807, 2.05) is 6.07 Å². The number of likely N-dealkylation sites (tertiary alicyclic amines) is 1. The van der Waals surface area contributed by atoms with Crippen molar-refractivity contribution in [2.45, 2.75) is 19.4 Å². The van der Waals surface area contributed by atoms with Gasteiger partial charge in [0.05, 0.1) is 17.2 Å².